The number of aryl methyl sites for hydroxylation is 1. The molecule has 0 bridgehead atoms. The molecule has 1 fully saturated rings. The van der Waals surface area contributed by atoms with Crippen molar-refractivity contribution in [3.63, 3.8) is 0 Å². The Balaban J connectivity index is 0.00000462. The number of rotatable bonds is 11. The Bertz CT molecular complexity index is 1420. The molecule has 0 spiro atoms. The number of esters is 1. The number of nitrogens with one attached hydrogen (secondary N) is 1. The van der Waals surface area contributed by atoms with Crippen molar-refractivity contribution in [2.45, 2.75) is 32.2 Å². The molecular formula is C30H33ClN4O6. The fraction of sp³-hybridized carbons (Fsp3) is 0.300. The predicted molar refractivity (Wildman–Crippen MR) is 157 cm³/mol. The van der Waals surface area contributed by atoms with Crippen LogP contribution in [0.15, 0.2) is 72.8 Å². The van der Waals surface area contributed by atoms with E-state index in [1.807, 2.05) is 30.3 Å². The smallest absolute Gasteiger partial charge is 0.321 e. The van der Waals surface area contributed by atoms with Gasteiger partial charge in [-0.1, -0.05) is 60.7 Å². The summed E-state index contributed by atoms with van der Waals surface area (Å²) in [6, 6.07) is 20.9. The molecule has 3 aromatic rings. The first-order valence-electron chi connectivity index (χ1n) is 12.9. The number of amides is 1. The van der Waals surface area contributed by atoms with Gasteiger partial charge < -0.3 is 20.1 Å². The summed E-state index contributed by atoms with van der Waals surface area (Å²) in [4.78, 5) is 39.0. The molecule has 1 saturated heterocycles. The summed E-state index contributed by atoms with van der Waals surface area (Å²) in [5, 5.41) is 19.5. The van der Waals surface area contributed by atoms with E-state index < -0.39 is 22.3 Å². The summed E-state index contributed by atoms with van der Waals surface area (Å²) >= 11 is 0. The van der Waals surface area contributed by atoms with Gasteiger partial charge in [-0.2, -0.15) is 0 Å². The van der Waals surface area contributed by atoms with Crippen molar-refractivity contribution in [2.24, 2.45) is 11.1 Å². The second kappa shape index (κ2) is 13.3. The van der Waals surface area contributed by atoms with Gasteiger partial charge in [0.05, 0.1) is 18.1 Å². The number of hydrogen-bond donors (Lipinski definition) is 2. The molecule has 216 valence electrons. The van der Waals surface area contributed by atoms with Gasteiger partial charge in [-0.3, -0.25) is 25.1 Å². The summed E-state index contributed by atoms with van der Waals surface area (Å²) in [7, 11) is 1.25. The zero-order valence-corrected chi connectivity index (χ0v) is 23.7. The van der Waals surface area contributed by atoms with Crippen LogP contribution in [0.3, 0.4) is 0 Å². The minimum absolute atomic E-state index is 0. The number of benzene rings is 3. The standard InChI is InChI=1S/C30H32N4O6.ClH/c1-30(29(36)39-2)18-24(33(28(30)35)16-6-9-20-7-4-3-5-8-20)19-40-26-15-14-23(17-25(26)34(37)38)21-10-12-22(13-11-21)27(31)32;/h3-5,7-8,10-15,17,24H,6,9,16,18-19H2,1-2H3,(H3,31,32);1H/t24-,30-;/m0./s1. The maximum Gasteiger partial charge on any atom is 0.321 e. The Morgan fingerprint density at radius 1 is 1.12 bits per heavy atom. The van der Waals surface area contributed by atoms with Gasteiger partial charge >= 0.3 is 11.7 Å². The molecule has 3 aromatic carbocycles. The topological polar surface area (TPSA) is 149 Å². The lowest BCUT2D eigenvalue weighted by Gasteiger charge is -2.25. The molecule has 11 heteroatoms. The minimum atomic E-state index is -1.35. The van der Waals surface area contributed by atoms with Gasteiger partial charge in [0.1, 0.15) is 17.9 Å². The zero-order valence-electron chi connectivity index (χ0n) is 22.9. The molecule has 0 aliphatic carbocycles. The number of nitrogen functional groups attached to an aromatic ring is 1. The van der Waals surface area contributed by atoms with Crippen molar-refractivity contribution in [3.05, 3.63) is 94.0 Å². The van der Waals surface area contributed by atoms with E-state index in [9.17, 15) is 19.7 Å². The molecule has 4 rings (SSSR count). The lowest BCUT2D eigenvalue weighted by Crippen LogP contribution is -2.41. The fourth-order valence-electron chi connectivity index (χ4n) is 5.07. The Labute approximate surface area is 244 Å². The number of hydrogen-bond acceptors (Lipinski definition) is 7. The number of nitro groups is 1. The molecule has 2 atom stereocenters. The minimum Gasteiger partial charge on any atom is -0.485 e. The average molecular weight is 581 g/mol. The normalized spacial score (nSPS) is 18.0. The van der Waals surface area contributed by atoms with E-state index >= 15 is 0 Å². The lowest BCUT2D eigenvalue weighted by atomic mass is 9.87. The summed E-state index contributed by atoms with van der Waals surface area (Å²) in [6.07, 6.45) is 1.62. The van der Waals surface area contributed by atoms with Crippen LogP contribution in [0, 0.1) is 20.9 Å². The second-order valence-electron chi connectivity index (χ2n) is 10.0. The van der Waals surface area contributed by atoms with Crippen molar-refractivity contribution in [1.82, 2.24) is 4.90 Å². The number of methoxy groups -OCH3 is 1. The van der Waals surface area contributed by atoms with Crippen LogP contribution in [-0.2, 0) is 20.7 Å². The second-order valence-corrected chi connectivity index (χ2v) is 10.0. The van der Waals surface area contributed by atoms with Gasteiger partial charge in [0.25, 0.3) is 0 Å². The molecule has 41 heavy (non-hydrogen) atoms. The van der Waals surface area contributed by atoms with E-state index in [-0.39, 0.29) is 48.6 Å². The van der Waals surface area contributed by atoms with Crippen LogP contribution in [0.4, 0.5) is 5.69 Å². The quantitative estimate of drug-likeness (QED) is 0.0829. The Kier molecular flexibility index (Phi) is 10.1. The first-order valence-corrected chi connectivity index (χ1v) is 12.9. The number of ether oxygens (including phenoxy) is 2. The third kappa shape index (κ3) is 6.83. The molecule has 1 aliphatic heterocycles. The van der Waals surface area contributed by atoms with E-state index in [1.165, 1.54) is 19.2 Å². The number of amidine groups is 1. The van der Waals surface area contributed by atoms with E-state index in [1.54, 1.807) is 42.2 Å². The molecule has 0 radical (unpaired) electrons. The molecule has 0 aromatic heterocycles. The van der Waals surface area contributed by atoms with Crippen molar-refractivity contribution in [3.8, 4) is 16.9 Å². The average Bonchev–Trinajstić information content (AvgIpc) is 3.21. The largest absolute Gasteiger partial charge is 0.485 e. The van der Waals surface area contributed by atoms with Crippen LogP contribution in [0.1, 0.15) is 30.9 Å². The van der Waals surface area contributed by atoms with Gasteiger partial charge in [0.15, 0.2) is 5.75 Å². The highest BCUT2D eigenvalue weighted by molar-refractivity contribution is 6.04. The number of nitrogens with two attached hydrogens (primary N) is 1. The highest BCUT2D eigenvalue weighted by Crippen LogP contribution is 2.39. The van der Waals surface area contributed by atoms with Gasteiger partial charge in [0.2, 0.25) is 5.91 Å². The summed E-state index contributed by atoms with van der Waals surface area (Å²) in [6.45, 7) is 1.96. The van der Waals surface area contributed by atoms with Crippen molar-refractivity contribution in [1.29, 1.82) is 5.41 Å². The highest BCUT2D eigenvalue weighted by Gasteiger charge is 2.54. The maximum atomic E-state index is 13.4. The number of likely N-dealkylation sites (tertiary alicyclic amines) is 1. The molecule has 0 saturated carbocycles. The van der Waals surface area contributed by atoms with Crippen LogP contribution in [0.2, 0.25) is 0 Å². The van der Waals surface area contributed by atoms with Crippen LogP contribution in [0.25, 0.3) is 11.1 Å². The fourth-order valence-corrected chi connectivity index (χ4v) is 5.07. The number of nitro benzene ring substituents is 1. The number of nitrogens with zero attached hydrogens (tertiary/aromatic N) is 2. The van der Waals surface area contributed by atoms with E-state index in [0.717, 1.165) is 17.5 Å². The molecule has 1 aliphatic rings. The first-order chi connectivity index (χ1) is 19.1. The third-order valence-electron chi connectivity index (χ3n) is 7.28. The predicted octanol–water partition coefficient (Wildman–Crippen LogP) is 4.76. The molecule has 3 N–H and O–H groups in total. The third-order valence-corrected chi connectivity index (χ3v) is 7.28. The Hall–Kier alpha value is -4.44. The van der Waals surface area contributed by atoms with Gasteiger partial charge in [-0.15, -0.1) is 12.4 Å². The van der Waals surface area contributed by atoms with Crippen molar-refractivity contribution >= 4 is 35.8 Å². The van der Waals surface area contributed by atoms with E-state index in [2.05, 4.69) is 0 Å². The number of carbonyl (C=O) groups excluding carboxylic acids is 2. The van der Waals surface area contributed by atoms with Crippen LogP contribution in [-0.4, -0.2) is 53.8 Å². The van der Waals surface area contributed by atoms with Crippen molar-refractivity contribution in [2.75, 3.05) is 20.3 Å². The van der Waals surface area contributed by atoms with Gasteiger partial charge in [-0.25, -0.2) is 0 Å². The van der Waals surface area contributed by atoms with E-state index in [4.69, 9.17) is 20.6 Å². The monoisotopic (exact) mass is 580 g/mol. The van der Waals surface area contributed by atoms with Crippen molar-refractivity contribution < 1.29 is 24.0 Å². The SMILES string of the molecule is COC(=O)[C@@]1(C)C[C@@H](COc2ccc(-c3ccc(C(=N)N)cc3)cc2[N+](=O)[O-])N(CCCc2ccccc2)C1=O.Cl. The number of halogens is 1. The van der Waals surface area contributed by atoms with Crippen LogP contribution >= 0.6 is 12.4 Å². The highest BCUT2D eigenvalue weighted by atomic mass is 35.5. The Morgan fingerprint density at radius 2 is 1.78 bits per heavy atom. The summed E-state index contributed by atoms with van der Waals surface area (Å²) < 4.78 is 10.9. The van der Waals surface area contributed by atoms with E-state index in [0.29, 0.717) is 24.1 Å². The molecule has 1 amide bonds. The first kappa shape index (κ1) is 31.1. The maximum absolute atomic E-state index is 13.4. The molecule has 10 nitrogen and oxygen atoms in total. The Morgan fingerprint density at radius 3 is 2.39 bits per heavy atom. The molecule has 1 heterocycles. The van der Waals surface area contributed by atoms with Crippen LogP contribution < -0.4 is 10.5 Å². The van der Waals surface area contributed by atoms with Gasteiger partial charge in [0, 0.05) is 18.2 Å². The lowest BCUT2D eigenvalue weighted by molar-refractivity contribution is -0.385. The van der Waals surface area contributed by atoms with Crippen LogP contribution in [0.5, 0.6) is 5.75 Å². The van der Waals surface area contributed by atoms with Gasteiger partial charge in [-0.05, 0) is 48.9 Å². The summed E-state index contributed by atoms with van der Waals surface area (Å²) in [5.41, 5.74) is 6.96. The zero-order chi connectivity index (χ0) is 28.9. The summed E-state index contributed by atoms with van der Waals surface area (Å²) in [5.74, 6) is -0.944. The number of carbonyl (C=O) groups is 2. The molecule has 0 unspecified atom stereocenters. The molecular weight excluding hydrogens is 548 g/mol.